The van der Waals surface area contributed by atoms with Crippen molar-refractivity contribution in [1.29, 1.82) is 0 Å². The van der Waals surface area contributed by atoms with Crippen molar-refractivity contribution >= 4 is 29.0 Å². The van der Waals surface area contributed by atoms with Crippen molar-refractivity contribution in [2.45, 2.75) is 62.8 Å². The van der Waals surface area contributed by atoms with E-state index in [9.17, 15) is 25.2 Å². The van der Waals surface area contributed by atoms with E-state index in [1.54, 1.807) is 47.3 Å². The van der Waals surface area contributed by atoms with Gasteiger partial charge in [0.15, 0.2) is 29.0 Å². The Hall–Kier alpha value is -6.30. The molecular weight excluding hydrogens is 720 g/mol. The van der Waals surface area contributed by atoms with Crippen molar-refractivity contribution in [2.75, 3.05) is 29.9 Å². The van der Waals surface area contributed by atoms with Crippen molar-refractivity contribution in [1.82, 2.24) is 40.3 Å². The quantitative estimate of drug-likeness (QED) is 0.0947. The van der Waals surface area contributed by atoms with E-state index in [1.807, 2.05) is 48.2 Å². The first-order valence-corrected chi connectivity index (χ1v) is 18.5. The Morgan fingerprint density at radius 1 is 0.964 bits per heavy atom. The number of pyridine rings is 1. The number of ether oxygens (including phenoxy) is 1. The molecule has 0 saturated carbocycles. The van der Waals surface area contributed by atoms with Gasteiger partial charge < -0.3 is 50.5 Å². The summed E-state index contributed by atoms with van der Waals surface area (Å²) in [5.74, 6) is 1.12. The number of carbonyl (C=O) groups is 1. The van der Waals surface area contributed by atoms with Gasteiger partial charge in [-0.3, -0.25) is 9.55 Å². The second-order valence-electron chi connectivity index (χ2n) is 13.9. The molecule has 4 aromatic heterocycles. The van der Waals surface area contributed by atoms with Crippen LogP contribution in [0.4, 0.5) is 16.6 Å². The van der Waals surface area contributed by atoms with E-state index in [2.05, 4.69) is 31.1 Å². The van der Waals surface area contributed by atoms with Crippen LogP contribution in [0.2, 0.25) is 0 Å². The minimum atomic E-state index is -1.36. The van der Waals surface area contributed by atoms with Crippen molar-refractivity contribution in [3.05, 3.63) is 114 Å². The van der Waals surface area contributed by atoms with E-state index in [0.717, 1.165) is 16.7 Å². The third kappa shape index (κ3) is 7.64. The number of carbonyl (C=O) groups excluding carboxylic acids is 1. The van der Waals surface area contributed by atoms with E-state index < -0.39 is 24.5 Å². The van der Waals surface area contributed by atoms with Crippen LogP contribution in [0.15, 0.2) is 90.0 Å². The number of aliphatic hydroxyl groups excluding tert-OH is 2. The maximum absolute atomic E-state index is 12.8. The summed E-state index contributed by atoms with van der Waals surface area (Å²) in [6.07, 6.45) is 1.38. The smallest absolute Gasteiger partial charge is 0.315 e. The number of benzene rings is 2. The summed E-state index contributed by atoms with van der Waals surface area (Å²) in [5, 5.41) is 55.8. The summed E-state index contributed by atoms with van der Waals surface area (Å²) in [7, 11) is 0. The molecule has 0 radical (unpaired) electrons. The number of rotatable bonds is 12. The number of aromatic nitrogens is 6. The molecule has 6 heterocycles. The number of aryl methyl sites for hydroxylation is 1. The topological polar surface area (TPSA) is 229 Å². The van der Waals surface area contributed by atoms with Crippen LogP contribution in [0.5, 0.6) is 11.5 Å². The molecular formula is C39H42N10O7. The van der Waals surface area contributed by atoms with Gasteiger partial charge in [0.1, 0.15) is 29.8 Å². The van der Waals surface area contributed by atoms with Gasteiger partial charge in [-0.1, -0.05) is 36.3 Å². The molecule has 0 bridgehead atoms. The molecule has 6 aromatic rings. The Morgan fingerprint density at radius 2 is 1.68 bits per heavy atom. The highest BCUT2D eigenvalue weighted by atomic mass is 16.6. The lowest BCUT2D eigenvalue weighted by molar-refractivity contribution is -0.0434. The largest absolute Gasteiger partial charge is 0.508 e. The predicted molar refractivity (Wildman–Crippen MR) is 203 cm³/mol. The van der Waals surface area contributed by atoms with Crippen LogP contribution in [-0.4, -0.2) is 94.0 Å². The van der Waals surface area contributed by atoms with Gasteiger partial charge in [0, 0.05) is 56.6 Å². The minimum Gasteiger partial charge on any atom is -0.508 e. The van der Waals surface area contributed by atoms with E-state index in [4.69, 9.17) is 19.2 Å². The monoisotopic (exact) mass is 762 g/mol. The number of hydrogen-bond donors (Lipinski definition) is 7. The highest BCUT2D eigenvalue weighted by Crippen LogP contribution is 2.41. The molecule has 0 unspecified atom stereocenters. The Bertz CT molecular complexity index is 2220. The zero-order valence-electron chi connectivity index (χ0n) is 30.4. The molecule has 0 aliphatic carbocycles. The molecule has 17 nitrogen and oxygen atoms in total. The van der Waals surface area contributed by atoms with E-state index >= 15 is 0 Å². The lowest BCUT2D eigenvalue weighted by Crippen LogP contribution is -2.43. The molecule has 2 aliphatic rings. The summed E-state index contributed by atoms with van der Waals surface area (Å²) < 4.78 is 13.3. The molecule has 2 aromatic carbocycles. The third-order valence-corrected chi connectivity index (χ3v) is 10.2. The van der Waals surface area contributed by atoms with Crippen LogP contribution < -0.4 is 20.9 Å². The van der Waals surface area contributed by atoms with Gasteiger partial charge >= 0.3 is 6.03 Å². The fourth-order valence-corrected chi connectivity index (χ4v) is 7.13. The second-order valence-corrected chi connectivity index (χ2v) is 13.9. The molecule has 2 aliphatic heterocycles. The van der Waals surface area contributed by atoms with Gasteiger partial charge in [0.25, 0.3) is 0 Å². The molecule has 290 valence electrons. The van der Waals surface area contributed by atoms with Gasteiger partial charge in [0.05, 0.1) is 12.0 Å². The second kappa shape index (κ2) is 15.8. The third-order valence-electron chi connectivity index (χ3n) is 10.2. The number of fused-ring (bicyclic) bond motifs is 1. The van der Waals surface area contributed by atoms with Crippen LogP contribution >= 0.6 is 0 Å². The SMILES string of the molecule is CCc1cc([C@H]2O[C@@H](n3cnc4c(NCC(c5ccc(O)cc5)c5ccc(O)cc5)nc(N5CC[C@@H](NC(=O)NCc6ccncc6)C5)nc43)[C@H](O)[C@@H]2O)on1. The number of aliphatic hydroxyl groups is 2. The van der Waals surface area contributed by atoms with Crippen molar-refractivity contribution < 1.29 is 34.5 Å². The first-order valence-electron chi connectivity index (χ1n) is 18.5. The van der Waals surface area contributed by atoms with E-state index in [-0.39, 0.29) is 29.5 Å². The molecule has 56 heavy (non-hydrogen) atoms. The molecule has 2 fully saturated rings. The number of imidazole rings is 1. The van der Waals surface area contributed by atoms with Crippen LogP contribution in [0.1, 0.15) is 59.7 Å². The molecule has 5 atom stereocenters. The van der Waals surface area contributed by atoms with Crippen LogP contribution in [0.25, 0.3) is 11.2 Å². The van der Waals surface area contributed by atoms with Gasteiger partial charge in [-0.25, -0.2) is 9.78 Å². The molecule has 0 spiro atoms. The molecule has 2 amide bonds. The summed E-state index contributed by atoms with van der Waals surface area (Å²) >= 11 is 0. The molecule has 2 saturated heterocycles. The molecule has 7 N–H and O–H groups in total. The zero-order chi connectivity index (χ0) is 38.8. The fraction of sp³-hybridized carbons (Fsp3) is 0.333. The van der Waals surface area contributed by atoms with E-state index in [0.29, 0.717) is 73.4 Å². The normalized spacial score (nSPS) is 20.9. The Labute approximate surface area is 321 Å². The highest BCUT2D eigenvalue weighted by molar-refractivity contribution is 5.84. The zero-order valence-corrected chi connectivity index (χ0v) is 30.4. The average Bonchev–Trinajstić information content (AvgIpc) is 4.03. The van der Waals surface area contributed by atoms with Crippen LogP contribution in [0.3, 0.4) is 0 Å². The number of amides is 2. The number of nitrogens with zero attached hydrogens (tertiary/aromatic N) is 7. The predicted octanol–water partition coefficient (Wildman–Crippen LogP) is 3.50. The van der Waals surface area contributed by atoms with Gasteiger partial charge in [0.2, 0.25) is 5.95 Å². The Kier molecular flexibility index (Phi) is 10.4. The van der Waals surface area contributed by atoms with Crippen LogP contribution in [0, 0.1) is 0 Å². The first-order chi connectivity index (χ1) is 27.2. The molecule has 17 heteroatoms. The van der Waals surface area contributed by atoms with Crippen molar-refractivity contribution in [3.8, 4) is 11.5 Å². The highest BCUT2D eigenvalue weighted by Gasteiger charge is 2.47. The maximum atomic E-state index is 12.8. The first kappa shape index (κ1) is 36.7. The van der Waals surface area contributed by atoms with Crippen molar-refractivity contribution in [2.24, 2.45) is 0 Å². The minimum absolute atomic E-state index is 0.140. The fourth-order valence-electron chi connectivity index (χ4n) is 7.13. The number of aromatic hydroxyl groups is 2. The van der Waals surface area contributed by atoms with Crippen LogP contribution in [-0.2, 0) is 17.7 Å². The Balaban J connectivity index is 1.09. The summed E-state index contributed by atoms with van der Waals surface area (Å²) in [6, 6.07) is 18.8. The maximum Gasteiger partial charge on any atom is 0.315 e. The van der Waals surface area contributed by atoms with Gasteiger partial charge in [-0.2, -0.15) is 9.97 Å². The average molecular weight is 763 g/mol. The number of urea groups is 1. The summed E-state index contributed by atoms with van der Waals surface area (Å²) in [6.45, 7) is 3.61. The molecule has 8 rings (SSSR count). The number of phenols is 2. The van der Waals surface area contributed by atoms with E-state index in [1.165, 1.54) is 6.33 Å². The van der Waals surface area contributed by atoms with Gasteiger partial charge in [-0.15, -0.1) is 0 Å². The number of nitrogens with one attached hydrogen (secondary N) is 3. The summed E-state index contributed by atoms with van der Waals surface area (Å²) in [4.78, 5) is 33.3. The lowest BCUT2D eigenvalue weighted by Gasteiger charge is -2.22. The summed E-state index contributed by atoms with van der Waals surface area (Å²) in [5.41, 5.74) is 4.19. The number of anilines is 2. The standard InChI is InChI=1S/C39H42N10O7/c1-2-25-17-30(56-47-25)34-32(52)33(53)37(55-34)49-21-43-31-35(41-19-29(23-3-7-27(50)8-4-23)24-5-9-28(51)10-6-24)45-38(46-36(31)49)48-16-13-26(20-48)44-39(54)42-18-22-11-14-40-15-12-22/h3-12,14-15,17,21,26,29,32-34,37,50-53H,2,13,16,18-20H2,1H3,(H,41,45,46)(H2,42,44,54)/t26-,32+,33-,34-,37-/m1/s1. The lowest BCUT2D eigenvalue weighted by atomic mass is 9.91. The number of hydrogen-bond acceptors (Lipinski definition) is 14. The van der Waals surface area contributed by atoms with Crippen molar-refractivity contribution in [3.63, 3.8) is 0 Å². The Morgan fingerprint density at radius 3 is 2.36 bits per heavy atom. The number of phenolic OH excluding ortho intramolecular Hbond substituents is 2. The van der Waals surface area contributed by atoms with Gasteiger partial charge in [-0.05, 0) is 65.9 Å².